The van der Waals surface area contributed by atoms with E-state index in [1.54, 1.807) is 29.2 Å². The van der Waals surface area contributed by atoms with E-state index in [4.69, 9.17) is 16.3 Å². The predicted octanol–water partition coefficient (Wildman–Crippen LogP) is 4.62. The zero-order valence-corrected chi connectivity index (χ0v) is 16.7. The van der Waals surface area contributed by atoms with Crippen LogP contribution in [-0.4, -0.2) is 41.1 Å². The molecule has 0 aliphatic carbocycles. The number of rotatable bonds is 4. The maximum atomic E-state index is 12.7. The van der Waals surface area contributed by atoms with Crippen molar-refractivity contribution in [1.29, 1.82) is 0 Å². The fourth-order valence-corrected chi connectivity index (χ4v) is 3.43. The maximum absolute atomic E-state index is 12.7. The van der Waals surface area contributed by atoms with Crippen molar-refractivity contribution in [3.63, 3.8) is 0 Å². The third-order valence-electron chi connectivity index (χ3n) is 4.54. The Morgan fingerprint density at radius 2 is 1.86 bits per heavy atom. The van der Waals surface area contributed by atoms with Gasteiger partial charge in [-0.15, -0.1) is 0 Å². The number of alkyl halides is 3. The fraction of sp³-hybridized carbons (Fsp3) is 0.400. The number of nitrogens with zero attached hydrogens (tertiary/aromatic N) is 2. The Morgan fingerprint density at radius 1 is 1.24 bits per heavy atom. The van der Waals surface area contributed by atoms with Gasteiger partial charge in [0.2, 0.25) is 0 Å². The molecule has 5 nitrogen and oxygen atoms in total. The van der Waals surface area contributed by atoms with Crippen molar-refractivity contribution in [3.05, 3.63) is 58.2 Å². The molecule has 156 valence electrons. The van der Waals surface area contributed by atoms with Gasteiger partial charge in [0, 0.05) is 31.4 Å². The van der Waals surface area contributed by atoms with Crippen LogP contribution in [0.5, 0.6) is 0 Å². The number of amides is 1. The summed E-state index contributed by atoms with van der Waals surface area (Å²) in [6.45, 7) is 5.27. The molecular weight excluding hydrogens is 407 g/mol. The third-order valence-corrected chi connectivity index (χ3v) is 4.82. The number of hydrogen-bond acceptors (Lipinski definition) is 4. The number of anilines is 1. The Bertz CT molecular complexity index is 864. The lowest BCUT2D eigenvalue weighted by Gasteiger charge is -2.35. The smallest absolute Gasteiger partial charge is 0.372 e. The van der Waals surface area contributed by atoms with E-state index in [0.717, 1.165) is 17.8 Å². The number of pyridine rings is 1. The molecule has 1 N–H and O–H groups in total. The molecule has 2 atom stereocenters. The minimum Gasteiger partial charge on any atom is -0.372 e. The first-order valence-electron chi connectivity index (χ1n) is 9.14. The average Bonchev–Trinajstić information content (AvgIpc) is 2.65. The van der Waals surface area contributed by atoms with Crippen LogP contribution in [-0.2, 0) is 17.5 Å². The minimum absolute atomic E-state index is 0.00726. The van der Waals surface area contributed by atoms with E-state index in [1.165, 1.54) is 0 Å². The average molecular weight is 428 g/mol. The van der Waals surface area contributed by atoms with Crippen LogP contribution < -0.4 is 5.32 Å². The van der Waals surface area contributed by atoms with Crippen LogP contribution in [0, 0.1) is 0 Å². The van der Waals surface area contributed by atoms with E-state index < -0.39 is 11.7 Å². The van der Waals surface area contributed by atoms with Crippen LogP contribution in [0.25, 0.3) is 0 Å². The number of ether oxygens (including phenoxy) is 1. The van der Waals surface area contributed by atoms with Crippen LogP contribution >= 0.6 is 11.6 Å². The quantitative estimate of drug-likeness (QED) is 0.773. The molecule has 1 aromatic heterocycles. The maximum Gasteiger partial charge on any atom is 0.417 e. The molecule has 1 saturated heterocycles. The summed E-state index contributed by atoms with van der Waals surface area (Å²) in [5, 5.41) is 2.80. The molecule has 0 bridgehead atoms. The summed E-state index contributed by atoms with van der Waals surface area (Å²) in [4.78, 5) is 18.2. The highest BCUT2D eigenvalue weighted by atomic mass is 35.5. The molecule has 0 saturated carbocycles. The number of carbonyl (C=O) groups excluding carboxylic acids is 1. The topological polar surface area (TPSA) is 54.5 Å². The molecule has 2 aromatic rings. The second-order valence-corrected chi connectivity index (χ2v) is 7.48. The predicted molar refractivity (Wildman–Crippen MR) is 104 cm³/mol. The molecule has 2 unspecified atom stereocenters. The number of carbonyl (C=O) groups is 1. The van der Waals surface area contributed by atoms with Gasteiger partial charge in [-0.05, 0) is 37.6 Å². The Morgan fingerprint density at radius 3 is 2.41 bits per heavy atom. The summed E-state index contributed by atoms with van der Waals surface area (Å²) in [5.41, 5.74) is 0.506. The van der Waals surface area contributed by atoms with Crippen molar-refractivity contribution in [1.82, 2.24) is 9.88 Å². The lowest BCUT2D eigenvalue weighted by molar-refractivity contribution is -0.137. The molecule has 3 rings (SSSR count). The summed E-state index contributed by atoms with van der Waals surface area (Å²) in [5.74, 6) is 0.107. The van der Waals surface area contributed by atoms with E-state index in [2.05, 4.69) is 10.3 Å². The molecular formula is C20H21ClF3N3O2. The second kappa shape index (κ2) is 8.59. The Balaban J connectivity index is 1.62. The van der Waals surface area contributed by atoms with Gasteiger partial charge in [-0.3, -0.25) is 4.79 Å². The Kier molecular flexibility index (Phi) is 6.33. The summed E-state index contributed by atoms with van der Waals surface area (Å²) in [7, 11) is 0. The molecule has 9 heteroatoms. The highest BCUT2D eigenvalue weighted by Crippen LogP contribution is 2.32. The van der Waals surface area contributed by atoms with E-state index in [9.17, 15) is 18.0 Å². The van der Waals surface area contributed by atoms with Gasteiger partial charge in [0.15, 0.2) is 0 Å². The lowest BCUT2D eigenvalue weighted by Crippen LogP contribution is -2.48. The molecule has 1 fully saturated rings. The number of aromatic nitrogens is 1. The highest BCUT2D eigenvalue weighted by Gasteiger charge is 2.31. The van der Waals surface area contributed by atoms with Gasteiger partial charge >= 0.3 is 6.18 Å². The van der Waals surface area contributed by atoms with Crippen LogP contribution in [0.2, 0.25) is 5.02 Å². The normalized spacial score (nSPS) is 19.9. The van der Waals surface area contributed by atoms with Crippen molar-refractivity contribution in [2.45, 2.75) is 38.8 Å². The summed E-state index contributed by atoms with van der Waals surface area (Å²) >= 11 is 5.89. The van der Waals surface area contributed by atoms with Gasteiger partial charge in [-0.1, -0.05) is 23.7 Å². The summed E-state index contributed by atoms with van der Waals surface area (Å²) < 4.78 is 43.7. The van der Waals surface area contributed by atoms with Gasteiger partial charge < -0.3 is 15.0 Å². The minimum atomic E-state index is -4.49. The lowest BCUT2D eigenvalue weighted by atomic mass is 10.1. The molecule has 1 amide bonds. The van der Waals surface area contributed by atoms with E-state index in [1.807, 2.05) is 13.8 Å². The monoisotopic (exact) mass is 427 g/mol. The van der Waals surface area contributed by atoms with Crippen molar-refractivity contribution < 1.29 is 22.7 Å². The molecule has 29 heavy (non-hydrogen) atoms. The number of hydrogen-bond donors (Lipinski definition) is 1. The first-order valence-corrected chi connectivity index (χ1v) is 9.51. The summed E-state index contributed by atoms with van der Waals surface area (Å²) in [6.07, 6.45) is -3.77. The van der Waals surface area contributed by atoms with Crippen LogP contribution in [0.1, 0.15) is 35.3 Å². The van der Waals surface area contributed by atoms with E-state index in [0.29, 0.717) is 25.2 Å². The largest absolute Gasteiger partial charge is 0.417 e. The number of morpholine rings is 1. The van der Waals surface area contributed by atoms with Gasteiger partial charge in [0.1, 0.15) is 5.82 Å². The van der Waals surface area contributed by atoms with Crippen molar-refractivity contribution in [2.75, 3.05) is 18.4 Å². The molecule has 1 aromatic carbocycles. The number of nitrogens with one attached hydrogen (secondary N) is 1. The SMILES string of the molecule is CC1CN(C(=O)c2ccc(CNc3ncc(C(F)(F)F)cc3Cl)cc2)CC(C)O1. The first-order chi connectivity index (χ1) is 13.6. The molecule has 1 aliphatic rings. The van der Waals surface area contributed by atoms with Crippen LogP contribution in [0.15, 0.2) is 36.5 Å². The van der Waals surface area contributed by atoms with Crippen molar-refractivity contribution in [2.24, 2.45) is 0 Å². The molecule has 2 heterocycles. The van der Waals surface area contributed by atoms with Crippen LogP contribution in [0.4, 0.5) is 19.0 Å². The Hall–Kier alpha value is -2.32. The first kappa shape index (κ1) is 21.4. The van der Waals surface area contributed by atoms with Gasteiger partial charge in [-0.25, -0.2) is 4.98 Å². The molecule has 1 aliphatic heterocycles. The standard InChI is InChI=1S/C20H21ClF3N3O2/c1-12-10-27(11-13(2)29-12)19(28)15-5-3-14(4-6-15)8-25-18-17(21)7-16(9-26-18)20(22,23)24/h3-7,9,12-13H,8,10-11H2,1-2H3,(H,25,26). The zero-order chi connectivity index (χ0) is 21.2. The molecule has 0 spiro atoms. The third kappa shape index (κ3) is 5.39. The molecule has 0 radical (unpaired) electrons. The highest BCUT2D eigenvalue weighted by molar-refractivity contribution is 6.32. The van der Waals surface area contributed by atoms with Crippen molar-refractivity contribution in [3.8, 4) is 0 Å². The number of benzene rings is 1. The Labute approximate surface area is 171 Å². The fourth-order valence-electron chi connectivity index (χ4n) is 3.20. The van der Waals surface area contributed by atoms with Crippen LogP contribution in [0.3, 0.4) is 0 Å². The second-order valence-electron chi connectivity index (χ2n) is 7.07. The van der Waals surface area contributed by atoms with E-state index in [-0.39, 0.29) is 29.0 Å². The van der Waals surface area contributed by atoms with Gasteiger partial charge in [0.25, 0.3) is 5.91 Å². The number of halogens is 4. The van der Waals surface area contributed by atoms with Gasteiger partial charge in [-0.2, -0.15) is 13.2 Å². The van der Waals surface area contributed by atoms with Crippen molar-refractivity contribution >= 4 is 23.3 Å². The van der Waals surface area contributed by atoms with Gasteiger partial charge in [0.05, 0.1) is 22.8 Å². The van der Waals surface area contributed by atoms with E-state index >= 15 is 0 Å². The summed E-state index contributed by atoms with van der Waals surface area (Å²) in [6, 6.07) is 7.86. The zero-order valence-electron chi connectivity index (χ0n) is 16.0.